The molecule has 1 heterocycles. The van der Waals surface area contributed by atoms with E-state index in [2.05, 4.69) is 0 Å². The first-order valence-electron chi connectivity index (χ1n) is 5.94. The first-order valence-corrected chi connectivity index (χ1v) is 5.94. The third-order valence-electron chi connectivity index (χ3n) is 3.13. The van der Waals surface area contributed by atoms with Crippen LogP contribution in [0.1, 0.15) is 27.0 Å². The summed E-state index contributed by atoms with van der Waals surface area (Å²) >= 11 is 0. The van der Waals surface area contributed by atoms with Gasteiger partial charge >= 0.3 is 5.97 Å². The number of carbonyl (C=O) groups excluding carboxylic acids is 1. The van der Waals surface area contributed by atoms with Crippen molar-refractivity contribution in [2.75, 3.05) is 0 Å². The molecule has 2 nitrogen and oxygen atoms in total. The molecule has 3 heteroatoms. The van der Waals surface area contributed by atoms with Gasteiger partial charge in [0, 0.05) is 5.56 Å². The molecule has 1 aliphatic heterocycles. The van der Waals surface area contributed by atoms with Crippen LogP contribution >= 0.6 is 0 Å². The van der Waals surface area contributed by atoms with Crippen LogP contribution in [-0.2, 0) is 4.74 Å². The minimum absolute atomic E-state index is 0.275. The van der Waals surface area contributed by atoms with Crippen molar-refractivity contribution in [1.82, 2.24) is 0 Å². The van der Waals surface area contributed by atoms with E-state index in [0.29, 0.717) is 11.3 Å². The summed E-state index contributed by atoms with van der Waals surface area (Å²) in [6, 6.07) is 11.7. The molecule has 0 spiro atoms. The number of hydrogen-bond donors (Lipinski definition) is 0. The van der Waals surface area contributed by atoms with Gasteiger partial charge in [-0.05, 0) is 42.3 Å². The fraction of sp³-hybridized carbons (Fsp3) is 0.0625. The van der Waals surface area contributed by atoms with Crippen LogP contribution in [0.4, 0.5) is 4.39 Å². The monoisotopic (exact) mass is 254 g/mol. The number of halogens is 1. The highest BCUT2D eigenvalue weighted by Gasteiger charge is 2.25. The third kappa shape index (κ3) is 2.03. The van der Waals surface area contributed by atoms with Gasteiger partial charge in [0.05, 0.1) is 5.56 Å². The Hall–Kier alpha value is -2.42. The van der Waals surface area contributed by atoms with E-state index in [4.69, 9.17) is 4.74 Å². The van der Waals surface area contributed by atoms with Crippen molar-refractivity contribution >= 4 is 17.8 Å². The lowest BCUT2D eigenvalue weighted by atomic mass is 10.0. The molecule has 94 valence electrons. The van der Waals surface area contributed by atoms with Gasteiger partial charge in [0.25, 0.3) is 0 Å². The SMILES string of the molecule is Cc1cc(F)ccc1/C=C1\OC(=O)c2ccccc21. The molecule has 0 fully saturated rings. The number of aryl methyl sites for hydroxylation is 1. The van der Waals surface area contributed by atoms with E-state index in [1.165, 1.54) is 12.1 Å². The Labute approximate surface area is 110 Å². The smallest absolute Gasteiger partial charge is 0.344 e. The first kappa shape index (κ1) is 11.7. The summed E-state index contributed by atoms with van der Waals surface area (Å²) in [6.45, 7) is 1.82. The molecule has 0 N–H and O–H groups in total. The molecule has 2 aromatic carbocycles. The van der Waals surface area contributed by atoms with Crippen molar-refractivity contribution in [3.63, 3.8) is 0 Å². The average Bonchev–Trinajstić information content (AvgIpc) is 2.71. The summed E-state index contributed by atoms with van der Waals surface area (Å²) in [6.07, 6.45) is 1.76. The van der Waals surface area contributed by atoms with Crippen molar-refractivity contribution < 1.29 is 13.9 Å². The second kappa shape index (κ2) is 4.35. The van der Waals surface area contributed by atoms with Gasteiger partial charge in [0.2, 0.25) is 0 Å². The van der Waals surface area contributed by atoms with Crippen LogP contribution in [0.3, 0.4) is 0 Å². The molecule has 3 rings (SSSR count). The maximum atomic E-state index is 13.1. The van der Waals surface area contributed by atoms with E-state index in [-0.39, 0.29) is 11.8 Å². The van der Waals surface area contributed by atoms with Crippen molar-refractivity contribution in [2.45, 2.75) is 6.92 Å². The van der Waals surface area contributed by atoms with Crippen molar-refractivity contribution in [1.29, 1.82) is 0 Å². The highest BCUT2D eigenvalue weighted by atomic mass is 19.1. The number of fused-ring (bicyclic) bond motifs is 1. The van der Waals surface area contributed by atoms with Crippen LogP contribution in [0.25, 0.3) is 11.8 Å². The molecule has 0 aliphatic carbocycles. The Morgan fingerprint density at radius 3 is 2.58 bits per heavy atom. The molecule has 0 unspecified atom stereocenters. The lowest BCUT2D eigenvalue weighted by Gasteiger charge is -2.02. The zero-order valence-electron chi connectivity index (χ0n) is 10.3. The van der Waals surface area contributed by atoms with Gasteiger partial charge in [0.1, 0.15) is 11.6 Å². The molecule has 0 saturated heterocycles. The summed E-state index contributed by atoms with van der Waals surface area (Å²) in [5.74, 6) is -0.111. The Morgan fingerprint density at radius 2 is 1.84 bits per heavy atom. The molecular formula is C16H11FO2. The van der Waals surface area contributed by atoms with E-state index in [9.17, 15) is 9.18 Å². The molecule has 2 aromatic rings. The van der Waals surface area contributed by atoms with Gasteiger partial charge in [-0.1, -0.05) is 24.3 Å². The number of carbonyl (C=O) groups is 1. The zero-order chi connectivity index (χ0) is 13.4. The molecule has 0 bridgehead atoms. The molecule has 0 atom stereocenters. The van der Waals surface area contributed by atoms with E-state index in [1.807, 2.05) is 19.1 Å². The summed E-state index contributed by atoms with van der Waals surface area (Å²) in [5, 5.41) is 0. The molecule has 0 amide bonds. The van der Waals surface area contributed by atoms with Gasteiger partial charge in [-0.25, -0.2) is 9.18 Å². The number of ether oxygens (including phenoxy) is 1. The van der Waals surface area contributed by atoms with Crippen LogP contribution < -0.4 is 0 Å². The highest BCUT2D eigenvalue weighted by molar-refractivity contribution is 6.05. The second-order valence-corrected chi connectivity index (χ2v) is 4.44. The number of esters is 1. The topological polar surface area (TPSA) is 26.3 Å². The minimum Gasteiger partial charge on any atom is -0.422 e. The number of cyclic esters (lactones) is 1. The normalized spacial score (nSPS) is 15.5. The second-order valence-electron chi connectivity index (χ2n) is 4.44. The maximum Gasteiger partial charge on any atom is 0.344 e. The molecule has 0 aromatic heterocycles. The molecule has 0 saturated carbocycles. The Kier molecular flexibility index (Phi) is 2.67. The lowest BCUT2D eigenvalue weighted by Crippen LogP contribution is -1.92. The van der Waals surface area contributed by atoms with Crippen LogP contribution in [0.5, 0.6) is 0 Å². The molecule has 0 radical (unpaired) electrons. The predicted molar refractivity (Wildman–Crippen MR) is 70.9 cm³/mol. The van der Waals surface area contributed by atoms with Crippen LogP contribution in [0, 0.1) is 12.7 Å². The van der Waals surface area contributed by atoms with Crippen molar-refractivity contribution in [3.8, 4) is 0 Å². The largest absolute Gasteiger partial charge is 0.422 e. The van der Waals surface area contributed by atoms with E-state index in [0.717, 1.165) is 16.7 Å². The number of hydrogen-bond acceptors (Lipinski definition) is 2. The maximum absolute atomic E-state index is 13.1. The van der Waals surface area contributed by atoms with Gasteiger partial charge in [0.15, 0.2) is 0 Å². The van der Waals surface area contributed by atoms with Gasteiger partial charge in [-0.2, -0.15) is 0 Å². The lowest BCUT2D eigenvalue weighted by molar-refractivity contribution is 0.0717. The van der Waals surface area contributed by atoms with Crippen molar-refractivity contribution in [3.05, 3.63) is 70.5 Å². The van der Waals surface area contributed by atoms with Gasteiger partial charge in [-0.15, -0.1) is 0 Å². The molecule has 1 aliphatic rings. The van der Waals surface area contributed by atoms with Gasteiger partial charge in [-0.3, -0.25) is 0 Å². The minimum atomic E-state index is -0.346. The fourth-order valence-corrected chi connectivity index (χ4v) is 2.14. The predicted octanol–water partition coefficient (Wildman–Crippen LogP) is 3.80. The van der Waals surface area contributed by atoms with Gasteiger partial charge < -0.3 is 4.74 Å². The van der Waals surface area contributed by atoms with E-state index in [1.54, 1.807) is 24.3 Å². The third-order valence-corrected chi connectivity index (χ3v) is 3.13. The Bertz CT molecular complexity index is 702. The molecule has 19 heavy (non-hydrogen) atoms. The van der Waals surface area contributed by atoms with Crippen molar-refractivity contribution in [2.24, 2.45) is 0 Å². The molecular weight excluding hydrogens is 243 g/mol. The van der Waals surface area contributed by atoms with Crippen LogP contribution in [0.2, 0.25) is 0 Å². The van der Waals surface area contributed by atoms with Crippen LogP contribution in [-0.4, -0.2) is 5.97 Å². The quantitative estimate of drug-likeness (QED) is 0.723. The van der Waals surface area contributed by atoms with Crippen LogP contribution in [0.15, 0.2) is 42.5 Å². The fourth-order valence-electron chi connectivity index (χ4n) is 2.14. The Balaban J connectivity index is 2.09. The number of rotatable bonds is 1. The van der Waals surface area contributed by atoms with E-state index < -0.39 is 0 Å². The average molecular weight is 254 g/mol. The summed E-state index contributed by atoms with van der Waals surface area (Å²) in [4.78, 5) is 11.7. The summed E-state index contributed by atoms with van der Waals surface area (Å²) < 4.78 is 18.3. The highest BCUT2D eigenvalue weighted by Crippen LogP contribution is 2.31. The standard InChI is InChI=1S/C16H11FO2/c1-10-8-12(17)7-6-11(10)9-15-13-4-2-3-5-14(13)16(18)19-15/h2-9H,1H3/b15-9-. The summed E-state index contributed by atoms with van der Waals surface area (Å²) in [5.41, 5.74) is 2.97. The number of benzene rings is 2. The zero-order valence-corrected chi connectivity index (χ0v) is 10.3. The summed E-state index contributed by atoms with van der Waals surface area (Å²) in [7, 11) is 0. The first-order chi connectivity index (χ1) is 9.15. The Morgan fingerprint density at radius 1 is 1.11 bits per heavy atom. The van der Waals surface area contributed by atoms with E-state index >= 15 is 0 Å².